The molecule has 0 bridgehead atoms. The summed E-state index contributed by atoms with van der Waals surface area (Å²) in [7, 11) is -3.46. The van der Waals surface area contributed by atoms with Gasteiger partial charge in [0.25, 0.3) is 0 Å². The second kappa shape index (κ2) is 10.8. The molecule has 1 rings (SSSR count). The molecular formula is C15H25N2O3PS. The molecule has 7 heteroatoms. The highest BCUT2D eigenvalue weighted by molar-refractivity contribution is 8.14. The minimum atomic E-state index is -3.46. The Morgan fingerprint density at radius 2 is 1.82 bits per heavy atom. The van der Waals surface area contributed by atoms with Crippen LogP contribution in [0.4, 0.5) is 5.69 Å². The Balaban J connectivity index is 2.90. The molecule has 0 aliphatic carbocycles. The van der Waals surface area contributed by atoms with Crippen LogP contribution in [0, 0.1) is 0 Å². The number of nitrogens with zero attached hydrogens (tertiary/aromatic N) is 1. The average Bonchev–Trinajstić information content (AvgIpc) is 2.48. The number of rotatable bonds is 9. The van der Waals surface area contributed by atoms with E-state index >= 15 is 0 Å². The van der Waals surface area contributed by atoms with Crippen LogP contribution in [0.3, 0.4) is 0 Å². The number of unbranched alkanes of at least 4 members (excludes halogenated alkanes) is 1. The summed E-state index contributed by atoms with van der Waals surface area (Å²) in [4.78, 5) is 0. The highest BCUT2D eigenvalue weighted by atomic mass is 32.2. The Kier molecular flexibility index (Phi) is 9.48. The molecule has 5 nitrogen and oxygen atoms in total. The maximum atomic E-state index is 12.6. The van der Waals surface area contributed by atoms with Gasteiger partial charge in [0.05, 0.1) is 13.2 Å². The van der Waals surface area contributed by atoms with Gasteiger partial charge in [0.2, 0.25) is 0 Å². The zero-order valence-corrected chi connectivity index (χ0v) is 15.2. The number of benzene rings is 1. The van der Waals surface area contributed by atoms with Gasteiger partial charge in [-0.1, -0.05) is 43.3 Å². The lowest BCUT2D eigenvalue weighted by Crippen LogP contribution is -2.10. The predicted molar refractivity (Wildman–Crippen MR) is 95.7 cm³/mol. The van der Waals surface area contributed by atoms with Crippen molar-refractivity contribution in [3.63, 3.8) is 0 Å². The Morgan fingerprint density at radius 1 is 1.18 bits per heavy atom. The maximum Gasteiger partial charge on any atom is 0.456 e. The smallest absolute Gasteiger partial charge is 0.335 e. The van der Waals surface area contributed by atoms with Crippen molar-refractivity contribution < 1.29 is 13.6 Å². The zero-order chi connectivity index (χ0) is 16.3. The van der Waals surface area contributed by atoms with Crippen LogP contribution in [0.15, 0.2) is 35.1 Å². The molecule has 0 unspecified atom stereocenters. The van der Waals surface area contributed by atoms with Gasteiger partial charge in [0.1, 0.15) is 0 Å². The molecule has 0 saturated carbocycles. The second-order valence-electron chi connectivity index (χ2n) is 4.40. The monoisotopic (exact) mass is 344 g/mol. The minimum Gasteiger partial charge on any atom is -0.335 e. The molecule has 1 aromatic rings. The highest BCUT2D eigenvalue weighted by Gasteiger charge is 2.24. The minimum absolute atomic E-state index is 0.291. The molecule has 124 valence electrons. The molecule has 0 aliphatic heterocycles. The Labute approximate surface area is 137 Å². The molecule has 0 aliphatic rings. The van der Waals surface area contributed by atoms with Gasteiger partial charge in [-0.25, -0.2) is 4.57 Å². The molecule has 1 aromatic carbocycles. The summed E-state index contributed by atoms with van der Waals surface area (Å²) < 4.78 is 27.3. The summed E-state index contributed by atoms with van der Waals surface area (Å²) in [5, 5.41) is 3.75. The third-order valence-corrected chi connectivity index (χ3v) is 5.27. The number of hydrogen-bond acceptors (Lipinski definition) is 4. The standard InChI is InChI=1S/C15H25N2O3PS/c1-4-7-13-22-15(16-14-11-9-8-10-12-14)17-21(18,19-5-2)20-6-3/h8-12H,4-7,13H2,1-3H3,(H,16,17,18). The van der Waals surface area contributed by atoms with Crippen LogP contribution in [-0.4, -0.2) is 24.1 Å². The first-order valence-electron chi connectivity index (χ1n) is 7.57. The van der Waals surface area contributed by atoms with E-state index in [9.17, 15) is 4.57 Å². The summed E-state index contributed by atoms with van der Waals surface area (Å²) in [5.41, 5.74) is 0.893. The molecule has 0 saturated heterocycles. The third-order valence-electron chi connectivity index (χ3n) is 2.56. The van der Waals surface area contributed by atoms with Gasteiger partial charge in [-0.05, 0) is 32.4 Å². The fourth-order valence-electron chi connectivity index (χ4n) is 1.58. The molecule has 0 spiro atoms. The number of nitrogens with one attached hydrogen (secondary N) is 1. The molecule has 22 heavy (non-hydrogen) atoms. The molecule has 0 fully saturated rings. The van der Waals surface area contributed by atoms with E-state index in [2.05, 4.69) is 17.0 Å². The first-order valence-corrected chi connectivity index (χ1v) is 10.1. The zero-order valence-electron chi connectivity index (χ0n) is 13.4. The van der Waals surface area contributed by atoms with Gasteiger partial charge < -0.3 is 5.32 Å². The number of amidine groups is 1. The summed E-state index contributed by atoms with van der Waals surface area (Å²) in [6.07, 6.45) is 2.16. The molecular weight excluding hydrogens is 319 g/mol. The largest absolute Gasteiger partial charge is 0.456 e. The van der Waals surface area contributed by atoms with E-state index in [-0.39, 0.29) is 0 Å². The van der Waals surface area contributed by atoms with Crippen LogP contribution in [0.2, 0.25) is 0 Å². The van der Waals surface area contributed by atoms with Crippen molar-refractivity contribution in [2.75, 3.05) is 24.3 Å². The fourth-order valence-corrected chi connectivity index (χ4v) is 4.04. The van der Waals surface area contributed by atoms with Crippen LogP contribution in [-0.2, 0) is 13.6 Å². The number of thioether (sulfide) groups is 1. The Hall–Kier alpha value is -0.810. The van der Waals surface area contributed by atoms with Crippen molar-refractivity contribution in [3.05, 3.63) is 30.3 Å². The van der Waals surface area contributed by atoms with E-state index in [0.717, 1.165) is 24.3 Å². The first kappa shape index (κ1) is 19.2. The summed E-state index contributed by atoms with van der Waals surface area (Å²) in [6, 6.07) is 9.67. The number of anilines is 1. The quantitative estimate of drug-likeness (QED) is 0.290. The van der Waals surface area contributed by atoms with E-state index in [0.29, 0.717) is 18.4 Å². The van der Waals surface area contributed by atoms with Gasteiger partial charge in [-0.2, -0.15) is 4.76 Å². The van der Waals surface area contributed by atoms with E-state index in [1.165, 1.54) is 11.8 Å². The van der Waals surface area contributed by atoms with Gasteiger partial charge in [0.15, 0.2) is 5.17 Å². The van der Waals surface area contributed by atoms with Gasteiger partial charge >= 0.3 is 7.75 Å². The predicted octanol–water partition coefficient (Wildman–Crippen LogP) is 5.17. The lowest BCUT2D eigenvalue weighted by atomic mass is 10.3. The van der Waals surface area contributed by atoms with Gasteiger partial charge in [0, 0.05) is 11.4 Å². The number of para-hydroxylation sites is 1. The number of hydrogen-bond donors (Lipinski definition) is 1. The molecule has 0 heterocycles. The molecule has 0 atom stereocenters. The summed E-state index contributed by atoms with van der Waals surface area (Å²) in [5.74, 6) is 0.896. The van der Waals surface area contributed by atoms with Crippen molar-refractivity contribution in [3.8, 4) is 0 Å². The van der Waals surface area contributed by atoms with Crippen molar-refractivity contribution in [1.82, 2.24) is 0 Å². The van der Waals surface area contributed by atoms with E-state index < -0.39 is 7.75 Å². The molecule has 1 N–H and O–H groups in total. The lowest BCUT2D eigenvalue weighted by molar-refractivity contribution is 0.221. The third kappa shape index (κ3) is 7.45. The van der Waals surface area contributed by atoms with Crippen molar-refractivity contribution >= 4 is 30.4 Å². The Morgan fingerprint density at radius 3 is 2.36 bits per heavy atom. The maximum absolute atomic E-state index is 12.6. The fraction of sp³-hybridized carbons (Fsp3) is 0.533. The molecule has 0 amide bonds. The van der Waals surface area contributed by atoms with Crippen molar-refractivity contribution in [1.29, 1.82) is 0 Å². The molecule has 0 radical (unpaired) electrons. The van der Waals surface area contributed by atoms with Crippen LogP contribution < -0.4 is 5.32 Å². The van der Waals surface area contributed by atoms with Crippen molar-refractivity contribution in [2.45, 2.75) is 33.6 Å². The van der Waals surface area contributed by atoms with Crippen molar-refractivity contribution in [2.24, 2.45) is 4.76 Å². The van der Waals surface area contributed by atoms with E-state index in [4.69, 9.17) is 9.05 Å². The van der Waals surface area contributed by atoms with E-state index in [1.54, 1.807) is 13.8 Å². The van der Waals surface area contributed by atoms with Crippen LogP contribution in [0.25, 0.3) is 0 Å². The van der Waals surface area contributed by atoms with Crippen LogP contribution >= 0.6 is 19.5 Å². The van der Waals surface area contributed by atoms with Crippen LogP contribution in [0.5, 0.6) is 0 Å². The van der Waals surface area contributed by atoms with Crippen LogP contribution in [0.1, 0.15) is 33.6 Å². The van der Waals surface area contributed by atoms with E-state index in [1.807, 2.05) is 30.3 Å². The summed E-state index contributed by atoms with van der Waals surface area (Å²) >= 11 is 1.53. The topological polar surface area (TPSA) is 59.9 Å². The average molecular weight is 344 g/mol. The Bertz CT molecular complexity index is 487. The lowest BCUT2D eigenvalue weighted by Gasteiger charge is -2.15. The summed E-state index contributed by atoms with van der Waals surface area (Å²) in [6.45, 7) is 6.26. The second-order valence-corrected chi connectivity index (χ2v) is 7.14. The molecule has 0 aromatic heterocycles. The van der Waals surface area contributed by atoms with Gasteiger partial charge in [-0.15, -0.1) is 0 Å². The normalized spacial score (nSPS) is 12.4. The SMILES string of the molecule is CCCCSC(=NP(=O)(OCC)OCC)Nc1ccccc1. The first-order chi connectivity index (χ1) is 10.6. The van der Waals surface area contributed by atoms with Gasteiger partial charge in [-0.3, -0.25) is 9.05 Å². The highest BCUT2D eigenvalue weighted by Crippen LogP contribution is 2.50.